The van der Waals surface area contributed by atoms with Crippen LogP contribution in [0.4, 0.5) is 0 Å². The summed E-state index contributed by atoms with van der Waals surface area (Å²) in [6, 6.07) is 0. The fourth-order valence-corrected chi connectivity index (χ4v) is 0.729. The van der Waals surface area contributed by atoms with Crippen molar-refractivity contribution < 1.29 is 14.3 Å². The maximum Gasteiger partial charge on any atom is 0.240 e. The Morgan fingerprint density at radius 3 is 2.80 bits per heavy atom. The van der Waals surface area contributed by atoms with Crippen molar-refractivity contribution in [2.24, 2.45) is 0 Å². The summed E-state index contributed by atoms with van der Waals surface area (Å²) in [6.07, 6.45) is 1.12. The second-order valence-corrected chi connectivity index (χ2v) is 2.09. The number of carbonyl (C=O) groups excluding carboxylic acids is 2. The van der Waals surface area contributed by atoms with E-state index in [9.17, 15) is 9.59 Å². The number of halogens is 1. The van der Waals surface area contributed by atoms with E-state index in [-0.39, 0.29) is 12.5 Å². The average molecular weight is 161 g/mol. The minimum absolute atomic E-state index is 0.138. The van der Waals surface area contributed by atoms with Gasteiger partial charge in [0, 0.05) is 6.08 Å². The van der Waals surface area contributed by atoms with Crippen LogP contribution in [-0.2, 0) is 14.3 Å². The second-order valence-electron chi connectivity index (χ2n) is 1.82. The van der Waals surface area contributed by atoms with Gasteiger partial charge in [0.1, 0.15) is 5.76 Å². The number of alkyl halides is 1. The highest BCUT2D eigenvalue weighted by atomic mass is 35.5. The van der Waals surface area contributed by atoms with Gasteiger partial charge in [-0.15, -0.1) is 11.6 Å². The molecule has 0 aromatic heterocycles. The minimum Gasteiger partial charge on any atom is -0.488 e. The summed E-state index contributed by atoms with van der Waals surface area (Å²) in [5, 5.41) is 0. The molecule has 1 aliphatic heterocycles. The Balaban J connectivity index is 2.75. The molecule has 54 valence electrons. The van der Waals surface area contributed by atoms with Crippen molar-refractivity contribution in [3.63, 3.8) is 0 Å². The third-order valence-electron chi connectivity index (χ3n) is 1.09. The van der Waals surface area contributed by atoms with Gasteiger partial charge in [0.25, 0.3) is 0 Å². The van der Waals surface area contributed by atoms with Crippen molar-refractivity contribution in [1.29, 1.82) is 0 Å². The van der Waals surface area contributed by atoms with Crippen molar-refractivity contribution in [3.05, 3.63) is 11.8 Å². The van der Waals surface area contributed by atoms with Gasteiger partial charge in [0.15, 0.2) is 6.61 Å². The van der Waals surface area contributed by atoms with Crippen LogP contribution in [0, 0.1) is 0 Å². The lowest BCUT2D eigenvalue weighted by molar-refractivity contribution is -0.137. The number of carbonyl (C=O) groups is 2. The van der Waals surface area contributed by atoms with E-state index in [0.29, 0.717) is 5.76 Å². The zero-order valence-electron chi connectivity index (χ0n) is 5.09. The van der Waals surface area contributed by atoms with Gasteiger partial charge >= 0.3 is 0 Å². The molecule has 0 saturated heterocycles. The van der Waals surface area contributed by atoms with Gasteiger partial charge in [0.2, 0.25) is 11.6 Å². The largest absolute Gasteiger partial charge is 0.488 e. The van der Waals surface area contributed by atoms with Crippen molar-refractivity contribution in [2.75, 3.05) is 12.5 Å². The first-order valence-corrected chi connectivity index (χ1v) is 3.24. The highest BCUT2D eigenvalue weighted by molar-refractivity contribution is 6.43. The summed E-state index contributed by atoms with van der Waals surface area (Å²) in [5.74, 6) is -0.541. The SMILES string of the molecule is O=C1C=C(CCl)OCC1=O. The van der Waals surface area contributed by atoms with Crippen molar-refractivity contribution in [3.8, 4) is 0 Å². The van der Waals surface area contributed by atoms with E-state index in [1.165, 1.54) is 0 Å². The van der Waals surface area contributed by atoms with Crippen LogP contribution in [0.5, 0.6) is 0 Å². The van der Waals surface area contributed by atoms with E-state index in [4.69, 9.17) is 16.3 Å². The molecule has 10 heavy (non-hydrogen) atoms. The highest BCUT2D eigenvalue weighted by Crippen LogP contribution is 2.05. The first-order valence-electron chi connectivity index (χ1n) is 2.70. The number of Topliss-reactive ketones (excluding diaryl/α,β-unsaturated/α-hetero) is 1. The first-order chi connectivity index (χ1) is 4.74. The molecule has 1 rings (SSSR count). The molecule has 3 nitrogen and oxygen atoms in total. The fraction of sp³-hybridized carbons (Fsp3) is 0.333. The average Bonchev–Trinajstić information content (AvgIpc) is 1.95. The molecule has 0 bridgehead atoms. The van der Waals surface area contributed by atoms with Gasteiger partial charge in [0.05, 0.1) is 5.88 Å². The van der Waals surface area contributed by atoms with E-state index >= 15 is 0 Å². The van der Waals surface area contributed by atoms with Crippen LogP contribution in [0.2, 0.25) is 0 Å². The van der Waals surface area contributed by atoms with Gasteiger partial charge in [-0.05, 0) is 0 Å². The first kappa shape index (κ1) is 7.28. The normalized spacial score (nSPS) is 18.3. The number of ketones is 2. The standard InChI is InChI=1S/C6H5ClO3/c7-2-4-1-5(8)6(9)3-10-4/h1H,2-3H2. The summed E-state index contributed by atoms with van der Waals surface area (Å²) >= 11 is 5.34. The molecule has 4 heteroatoms. The van der Waals surface area contributed by atoms with Crippen LogP contribution in [0.3, 0.4) is 0 Å². The fourth-order valence-electron chi connectivity index (χ4n) is 0.575. The lowest BCUT2D eigenvalue weighted by atomic mass is 10.2. The number of ether oxygens (including phenoxy) is 1. The van der Waals surface area contributed by atoms with Gasteiger partial charge < -0.3 is 4.74 Å². The Bertz CT molecular complexity index is 207. The highest BCUT2D eigenvalue weighted by Gasteiger charge is 2.18. The van der Waals surface area contributed by atoms with Crippen LogP contribution in [0.15, 0.2) is 11.8 Å². The lowest BCUT2D eigenvalue weighted by Crippen LogP contribution is -2.23. The lowest BCUT2D eigenvalue weighted by Gasteiger charge is -2.09. The third kappa shape index (κ3) is 1.36. The molecule has 0 amide bonds. The predicted octanol–water partition coefficient (Wildman–Crippen LogP) is 0.277. The Kier molecular flexibility index (Phi) is 2.06. The van der Waals surface area contributed by atoms with E-state index in [0.717, 1.165) is 6.08 Å². The van der Waals surface area contributed by atoms with E-state index in [1.807, 2.05) is 0 Å². The molecule has 0 aromatic carbocycles. The number of allylic oxidation sites excluding steroid dienone is 2. The maximum absolute atomic E-state index is 10.6. The van der Waals surface area contributed by atoms with Crippen LogP contribution in [-0.4, -0.2) is 24.1 Å². The summed E-state index contributed by atoms with van der Waals surface area (Å²) in [4.78, 5) is 21.1. The van der Waals surface area contributed by atoms with Gasteiger partial charge in [-0.1, -0.05) is 0 Å². The summed E-state index contributed by atoms with van der Waals surface area (Å²) in [6.45, 7) is -0.169. The van der Waals surface area contributed by atoms with Crippen LogP contribution in [0.25, 0.3) is 0 Å². The Labute approximate surface area is 62.6 Å². The Morgan fingerprint density at radius 1 is 1.60 bits per heavy atom. The molecule has 0 spiro atoms. The molecule has 0 unspecified atom stereocenters. The Hall–Kier alpha value is -0.830. The van der Waals surface area contributed by atoms with Crippen molar-refractivity contribution in [1.82, 2.24) is 0 Å². The monoisotopic (exact) mass is 160 g/mol. The van der Waals surface area contributed by atoms with Crippen molar-refractivity contribution in [2.45, 2.75) is 0 Å². The molecule has 0 atom stereocenters. The maximum atomic E-state index is 10.6. The van der Waals surface area contributed by atoms with Crippen molar-refractivity contribution >= 4 is 23.2 Å². The molecule has 0 radical (unpaired) electrons. The van der Waals surface area contributed by atoms with Gasteiger partial charge in [-0.25, -0.2) is 0 Å². The summed E-state index contributed by atoms with van der Waals surface area (Å²) in [7, 11) is 0. The molecule has 0 aromatic rings. The summed E-state index contributed by atoms with van der Waals surface area (Å²) in [5.41, 5.74) is 0. The zero-order chi connectivity index (χ0) is 7.56. The number of hydrogen-bond donors (Lipinski definition) is 0. The minimum atomic E-state index is -0.526. The number of rotatable bonds is 1. The smallest absolute Gasteiger partial charge is 0.240 e. The molecule has 0 saturated carbocycles. The second kappa shape index (κ2) is 2.84. The molecule has 0 aliphatic carbocycles. The van der Waals surface area contributed by atoms with Crippen LogP contribution >= 0.6 is 11.6 Å². The molecule has 1 heterocycles. The quantitative estimate of drug-likeness (QED) is 0.409. The van der Waals surface area contributed by atoms with Crippen LogP contribution < -0.4 is 0 Å². The molecule has 0 fully saturated rings. The van der Waals surface area contributed by atoms with E-state index < -0.39 is 11.6 Å². The van der Waals surface area contributed by atoms with Gasteiger partial charge in [-0.3, -0.25) is 9.59 Å². The van der Waals surface area contributed by atoms with E-state index in [1.54, 1.807) is 0 Å². The molecular weight excluding hydrogens is 156 g/mol. The predicted molar refractivity (Wildman–Crippen MR) is 34.8 cm³/mol. The zero-order valence-corrected chi connectivity index (χ0v) is 5.85. The summed E-state index contributed by atoms with van der Waals surface area (Å²) < 4.78 is 4.77. The number of hydrogen-bond acceptors (Lipinski definition) is 3. The molecular formula is C6H5ClO3. The van der Waals surface area contributed by atoms with Crippen LogP contribution in [0.1, 0.15) is 0 Å². The Morgan fingerprint density at radius 2 is 2.30 bits per heavy atom. The molecule has 1 aliphatic rings. The third-order valence-corrected chi connectivity index (χ3v) is 1.35. The van der Waals surface area contributed by atoms with E-state index in [2.05, 4.69) is 0 Å². The molecule has 0 N–H and O–H groups in total. The topological polar surface area (TPSA) is 43.4 Å². The van der Waals surface area contributed by atoms with Gasteiger partial charge in [-0.2, -0.15) is 0 Å².